The summed E-state index contributed by atoms with van der Waals surface area (Å²) in [6.45, 7) is 6.86. The van der Waals surface area contributed by atoms with E-state index in [-0.39, 0.29) is 24.3 Å². The summed E-state index contributed by atoms with van der Waals surface area (Å²) in [6, 6.07) is 8.58. The van der Waals surface area contributed by atoms with Crippen molar-refractivity contribution in [2.45, 2.75) is 45.8 Å². The highest BCUT2D eigenvalue weighted by Gasteiger charge is 2.31. The zero-order chi connectivity index (χ0) is 25.3. The predicted molar refractivity (Wildman–Crippen MR) is 125 cm³/mol. The molecule has 0 aliphatic carbocycles. The summed E-state index contributed by atoms with van der Waals surface area (Å²) in [4.78, 5) is 27.5. The second-order valence-electron chi connectivity index (χ2n) is 9.05. The Labute approximate surface area is 201 Å². The van der Waals surface area contributed by atoms with Crippen molar-refractivity contribution < 1.29 is 27.2 Å². The molecule has 1 N–H and O–H groups in total. The summed E-state index contributed by atoms with van der Waals surface area (Å²) >= 11 is 0. The molecule has 6 nitrogen and oxygen atoms in total. The summed E-state index contributed by atoms with van der Waals surface area (Å²) in [5, 5.41) is 2.99. The van der Waals surface area contributed by atoms with E-state index < -0.39 is 11.7 Å². The van der Waals surface area contributed by atoms with Gasteiger partial charge in [0.2, 0.25) is 0 Å². The third-order valence-corrected chi connectivity index (χ3v) is 6.52. The van der Waals surface area contributed by atoms with Crippen molar-refractivity contribution in [3.8, 4) is 5.69 Å². The van der Waals surface area contributed by atoms with Crippen LogP contribution in [0.25, 0.3) is 5.69 Å². The molecule has 1 amide bonds. The van der Waals surface area contributed by atoms with Gasteiger partial charge in [0, 0.05) is 47.3 Å². The van der Waals surface area contributed by atoms with Gasteiger partial charge in [0.1, 0.15) is 0 Å². The summed E-state index contributed by atoms with van der Waals surface area (Å²) in [5.74, 6) is 0.00724. The number of Topliss-reactive ketones (excluding diaryl/α,β-unsaturated/α-hetero) is 1. The number of nitrogens with zero attached hydrogens (tertiary/aromatic N) is 2. The van der Waals surface area contributed by atoms with E-state index >= 15 is 0 Å². The zero-order valence-corrected chi connectivity index (χ0v) is 19.9. The van der Waals surface area contributed by atoms with E-state index in [9.17, 15) is 22.8 Å². The van der Waals surface area contributed by atoms with Gasteiger partial charge in [-0.3, -0.25) is 14.5 Å². The number of likely N-dealkylation sites (tertiary alicyclic amines) is 1. The monoisotopic (exact) mass is 487 g/mol. The molecule has 4 rings (SSSR count). The fraction of sp³-hybridized carbons (Fsp3) is 0.385. The van der Waals surface area contributed by atoms with Gasteiger partial charge in [-0.25, -0.2) is 0 Å². The molecule has 2 aromatic heterocycles. The lowest BCUT2D eigenvalue weighted by Gasteiger charge is -2.31. The van der Waals surface area contributed by atoms with E-state index in [4.69, 9.17) is 4.42 Å². The number of furan rings is 1. The number of piperidine rings is 1. The standard InChI is InChI=1S/C26H28F3N3O3/c1-16-9-12-35-24(16)25(34)30-20-7-10-31(11-8-20)15-23(33)22-13-17(2)32(18(22)3)21-6-4-5-19(14-21)26(27,28)29/h4-6,9,12-14,20H,7-8,10-11,15H2,1-3H3,(H,30,34). The lowest BCUT2D eigenvalue weighted by molar-refractivity contribution is -0.137. The molecule has 1 aliphatic rings. The number of carbonyl (C=O) groups excluding carboxylic acids is 2. The van der Waals surface area contributed by atoms with Crippen molar-refractivity contribution in [1.82, 2.24) is 14.8 Å². The highest BCUT2D eigenvalue weighted by Crippen LogP contribution is 2.31. The van der Waals surface area contributed by atoms with Crippen molar-refractivity contribution in [3.63, 3.8) is 0 Å². The molecule has 3 aromatic rings. The number of halogens is 3. The van der Waals surface area contributed by atoms with Crippen molar-refractivity contribution in [2.75, 3.05) is 19.6 Å². The second-order valence-corrected chi connectivity index (χ2v) is 9.05. The Kier molecular flexibility index (Phi) is 6.89. The van der Waals surface area contributed by atoms with Gasteiger partial charge in [0.15, 0.2) is 11.5 Å². The average molecular weight is 488 g/mol. The molecule has 35 heavy (non-hydrogen) atoms. The van der Waals surface area contributed by atoms with Crippen LogP contribution in [0.15, 0.2) is 47.1 Å². The van der Waals surface area contributed by atoms with E-state index in [2.05, 4.69) is 5.32 Å². The first-order valence-corrected chi connectivity index (χ1v) is 11.5. The highest BCUT2D eigenvalue weighted by atomic mass is 19.4. The van der Waals surface area contributed by atoms with Gasteiger partial charge in [-0.05, 0) is 63.9 Å². The SMILES string of the molecule is Cc1ccoc1C(=O)NC1CCN(CC(=O)c2cc(C)n(-c3cccc(C(F)(F)F)c3)c2C)CC1. The van der Waals surface area contributed by atoms with Gasteiger partial charge in [-0.15, -0.1) is 0 Å². The largest absolute Gasteiger partial charge is 0.459 e. The summed E-state index contributed by atoms with van der Waals surface area (Å²) < 4.78 is 46.4. The van der Waals surface area contributed by atoms with E-state index in [0.29, 0.717) is 54.3 Å². The number of carbonyl (C=O) groups is 2. The summed E-state index contributed by atoms with van der Waals surface area (Å²) in [6.07, 6.45) is -1.53. The van der Waals surface area contributed by atoms with E-state index in [0.717, 1.165) is 17.7 Å². The van der Waals surface area contributed by atoms with Crippen LogP contribution in [0, 0.1) is 20.8 Å². The van der Waals surface area contributed by atoms with Gasteiger partial charge >= 0.3 is 6.18 Å². The van der Waals surface area contributed by atoms with Crippen molar-refractivity contribution in [2.24, 2.45) is 0 Å². The molecule has 1 saturated heterocycles. The zero-order valence-electron chi connectivity index (χ0n) is 19.9. The Morgan fingerprint density at radius 2 is 1.80 bits per heavy atom. The van der Waals surface area contributed by atoms with E-state index in [1.54, 1.807) is 36.6 Å². The van der Waals surface area contributed by atoms with Crippen LogP contribution in [0.4, 0.5) is 13.2 Å². The molecule has 1 aromatic carbocycles. The Balaban J connectivity index is 1.39. The number of ketones is 1. The molecule has 0 radical (unpaired) electrons. The topological polar surface area (TPSA) is 67.5 Å². The molecule has 186 valence electrons. The maximum atomic E-state index is 13.2. The molecule has 3 heterocycles. The Hall–Kier alpha value is -3.33. The molecule has 0 atom stereocenters. The van der Waals surface area contributed by atoms with Crippen LogP contribution in [0.2, 0.25) is 0 Å². The van der Waals surface area contributed by atoms with E-state index in [1.807, 2.05) is 11.8 Å². The van der Waals surface area contributed by atoms with Crippen LogP contribution < -0.4 is 5.32 Å². The van der Waals surface area contributed by atoms with Gasteiger partial charge < -0.3 is 14.3 Å². The van der Waals surface area contributed by atoms with Gasteiger partial charge in [0.25, 0.3) is 5.91 Å². The van der Waals surface area contributed by atoms with Crippen LogP contribution in [0.1, 0.15) is 56.3 Å². The summed E-state index contributed by atoms with van der Waals surface area (Å²) in [7, 11) is 0. The van der Waals surface area contributed by atoms with Crippen molar-refractivity contribution in [3.05, 3.63) is 76.5 Å². The maximum absolute atomic E-state index is 13.2. The van der Waals surface area contributed by atoms with Crippen LogP contribution in [0.3, 0.4) is 0 Å². The predicted octanol–water partition coefficient (Wildman–Crippen LogP) is 5.09. The molecule has 1 aliphatic heterocycles. The average Bonchev–Trinajstić information content (AvgIpc) is 3.37. The quantitative estimate of drug-likeness (QED) is 0.492. The minimum absolute atomic E-state index is 0.00400. The van der Waals surface area contributed by atoms with E-state index in [1.165, 1.54) is 12.3 Å². The molecular weight excluding hydrogens is 459 g/mol. The molecule has 0 unspecified atom stereocenters. The maximum Gasteiger partial charge on any atom is 0.416 e. The minimum atomic E-state index is -4.44. The first kappa shape index (κ1) is 24.8. The van der Waals surface area contributed by atoms with Crippen LogP contribution in [-0.2, 0) is 6.18 Å². The first-order valence-electron chi connectivity index (χ1n) is 11.5. The minimum Gasteiger partial charge on any atom is -0.459 e. The number of aryl methyl sites for hydroxylation is 2. The lowest BCUT2D eigenvalue weighted by Crippen LogP contribution is -2.46. The van der Waals surface area contributed by atoms with Crippen LogP contribution in [0.5, 0.6) is 0 Å². The lowest BCUT2D eigenvalue weighted by atomic mass is 10.0. The number of hydrogen-bond acceptors (Lipinski definition) is 4. The molecule has 0 bridgehead atoms. The number of benzene rings is 1. The van der Waals surface area contributed by atoms with Crippen LogP contribution in [-0.4, -0.2) is 46.8 Å². The number of hydrogen-bond donors (Lipinski definition) is 1. The fourth-order valence-electron chi connectivity index (χ4n) is 4.64. The number of nitrogens with one attached hydrogen (secondary N) is 1. The number of amides is 1. The summed E-state index contributed by atoms with van der Waals surface area (Å²) in [5.41, 5.74) is 2.24. The Morgan fingerprint density at radius 3 is 2.43 bits per heavy atom. The molecule has 9 heteroatoms. The molecule has 0 saturated carbocycles. The fourth-order valence-corrected chi connectivity index (χ4v) is 4.64. The number of rotatable bonds is 6. The first-order chi connectivity index (χ1) is 16.5. The Bertz CT molecular complexity index is 1230. The third kappa shape index (κ3) is 5.35. The van der Waals surface area contributed by atoms with Crippen LogP contribution >= 0.6 is 0 Å². The third-order valence-electron chi connectivity index (χ3n) is 6.52. The molecule has 0 spiro atoms. The van der Waals surface area contributed by atoms with Crippen molar-refractivity contribution in [1.29, 1.82) is 0 Å². The number of aromatic nitrogens is 1. The second kappa shape index (κ2) is 9.73. The molecular formula is C26H28F3N3O3. The van der Waals surface area contributed by atoms with Gasteiger partial charge in [-0.1, -0.05) is 6.07 Å². The van der Waals surface area contributed by atoms with Crippen molar-refractivity contribution >= 4 is 11.7 Å². The van der Waals surface area contributed by atoms with Gasteiger partial charge in [0.05, 0.1) is 18.4 Å². The molecule has 1 fully saturated rings. The highest BCUT2D eigenvalue weighted by molar-refractivity contribution is 5.99. The Morgan fingerprint density at radius 1 is 1.09 bits per heavy atom. The number of alkyl halides is 3. The van der Waals surface area contributed by atoms with Gasteiger partial charge in [-0.2, -0.15) is 13.2 Å². The smallest absolute Gasteiger partial charge is 0.416 e. The normalized spacial score (nSPS) is 15.4.